The third-order valence-corrected chi connectivity index (χ3v) is 5.65. The maximum absolute atomic E-state index is 10.5. The average Bonchev–Trinajstić information content (AvgIpc) is 3.05. The zero-order valence-electron chi connectivity index (χ0n) is 11.0. The maximum atomic E-state index is 10.5. The van der Waals surface area contributed by atoms with E-state index >= 15 is 0 Å². The van der Waals surface area contributed by atoms with Gasteiger partial charge in [0.1, 0.15) is 5.01 Å². The molecule has 0 bridgehead atoms. The molecule has 6 nitrogen and oxygen atoms in total. The lowest BCUT2D eigenvalue weighted by Crippen LogP contribution is -2.05. The Morgan fingerprint density at radius 2 is 2.30 bits per heavy atom. The number of thioether (sulfide) groups is 1. The summed E-state index contributed by atoms with van der Waals surface area (Å²) in [7, 11) is 0. The summed E-state index contributed by atoms with van der Waals surface area (Å²) in [6, 6.07) is 0.0607. The Morgan fingerprint density at radius 3 is 2.95 bits per heavy atom. The Morgan fingerprint density at radius 1 is 1.50 bits per heavy atom. The van der Waals surface area contributed by atoms with Gasteiger partial charge in [-0.15, -0.1) is 21.5 Å². The Bertz CT molecular complexity index is 584. The highest BCUT2D eigenvalue weighted by molar-refractivity contribution is 8.01. The summed E-state index contributed by atoms with van der Waals surface area (Å²) in [5.41, 5.74) is 0. The molecular formula is C11H14N4O2S3. The molecule has 1 atom stereocenters. The van der Waals surface area contributed by atoms with E-state index in [9.17, 15) is 4.79 Å². The van der Waals surface area contributed by atoms with Gasteiger partial charge in [0.15, 0.2) is 4.34 Å². The number of nitrogens with zero attached hydrogens (tertiary/aromatic N) is 3. The standard InChI is InChI=1S/C11H14N4O2S3/c1-3-7-4-12-9(19-7)6(2)13-10-14-15-11(20-10)18-5-8(16)17/h4,6H,3,5H2,1-2H3,(H,13,14)(H,16,17). The lowest BCUT2D eigenvalue weighted by molar-refractivity contribution is -0.133. The number of carboxylic acid groups (broad SMARTS) is 1. The largest absolute Gasteiger partial charge is 0.481 e. The minimum absolute atomic E-state index is 0.00345. The number of hydrogen-bond acceptors (Lipinski definition) is 8. The van der Waals surface area contributed by atoms with Gasteiger partial charge in [-0.2, -0.15) is 0 Å². The fraction of sp³-hybridized carbons (Fsp3) is 0.455. The van der Waals surface area contributed by atoms with Gasteiger partial charge in [0.25, 0.3) is 0 Å². The predicted molar refractivity (Wildman–Crippen MR) is 81.8 cm³/mol. The Balaban J connectivity index is 1.94. The molecule has 0 saturated heterocycles. The lowest BCUT2D eigenvalue weighted by atomic mass is 10.4. The molecule has 20 heavy (non-hydrogen) atoms. The molecule has 2 aromatic rings. The second-order valence-corrected chi connectivity index (χ2v) is 7.29. The number of anilines is 1. The number of carboxylic acids is 1. The second-order valence-electron chi connectivity index (χ2n) is 3.94. The average molecular weight is 330 g/mol. The number of aryl methyl sites for hydroxylation is 1. The van der Waals surface area contributed by atoms with Gasteiger partial charge in [-0.3, -0.25) is 4.79 Å². The van der Waals surface area contributed by atoms with E-state index in [1.165, 1.54) is 28.0 Å². The first-order valence-corrected chi connectivity index (χ1v) is 8.59. The second kappa shape index (κ2) is 7.00. The summed E-state index contributed by atoms with van der Waals surface area (Å²) >= 11 is 4.21. The molecule has 0 saturated carbocycles. The van der Waals surface area contributed by atoms with Crippen molar-refractivity contribution < 1.29 is 9.90 Å². The van der Waals surface area contributed by atoms with Crippen LogP contribution in [-0.4, -0.2) is 32.0 Å². The Labute approximate surface area is 128 Å². The number of nitrogens with one attached hydrogen (secondary N) is 1. The van der Waals surface area contributed by atoms with E-state index in [1.807, 2.05) is 13.1 Å². The van der Waals surface area contributed by atoms with E-state index in [0.29, 0.717) is 9.47 Å². The molecule has 2 N–H and O–H groups in total. The van der Waals surface area contributed by atoms with Gasteiger partial charge in [-0.1, -0.05) is 30.0 Å². The monoisotopic (exact) mass is 330 g/mol. The zero-order chi connectivity index (χ0) is 14.5. The van der Waals surface area contributed by atoms with E-state index < -0.39 is 5.97 Å². The molecule has 2 heterocycles. The van der Waals surface area contributed by atoms with Crippen molar-refractivity contribution in [3.63, 3.8) is 0 Å². The van der Waals surface area contributed by atoms with Crippen LogP contribution in [0.4, 0.5) is 5.13 Å². The summed E-state index contributed by atoms with van der Waals surface area (Å²) in [5.74, 6) is -0.862. The topological polar surface area (TPSA) is 88.0 Å². The molecule has 0 aliphatic carbocycles. The lowest BCUT2D eigenvalue weighted by Gasteiger charge is -2.08. The molecule has 1 unspecified atom stereocenters. The van der Waals surface area contributed by atoms with Crippen molar-refractivity contribution in [2.24, 2.45) is 0 Å². The Hall–Kier alpha value is -1.19. The molecule has 0 spiro atoms. The summed E-state index contributed by atoms with van der Waals surface area (Å²) in [5, 5.41) is 21.5. The molecule has 0 aliphatic heterocycles. The van der Waals surface area contributed by atoms with Crippen LogP contribution in [0.15, 0.2) is 10.5 Å². The zero-order valence-corrected chi connectivity index (χ0v) is 13.4. The van der Waals surface area contributed by atoms with E-state index in [2.05, 4.69) is 27.4 Å². The van der Waals surface area contributed by atoms with Crippen LogP contribution in [0.25, 0.3) is 0 Å². The third kappa shape index (κ3) is 4.15. The van der Waals surface area contributed by atoms with Gasteiger partial charge < -0.3 is 10.4 Å². The van der Waals surface area contributed by atoms with Crippen molar-refractivity contribution in [3.05, 3.63) is 16.1 Å². The molecular weight excluding hydrogens is 316 g/mol. The first-order valence-electron chi connectivity index (χ1n) is 5.97. The fourth-order valence-corrected chi connectivity index (χ4v) is 3.80. The summed E-state index contributed by atoms with van der Waals surface area (Å²) in [6.07, 6.45) is 2.88. The minimum Gasteiger partial charge on any atom is -0.481 e. The SMILES string of the molecule is CCc1cnc(C(C)Nc2nnc(SCC(=O)O)s2)s1. The number of hydrogen-bond donors (Lipinski definition) is 2. The van der Waals surface area contributed by atoms with Crippen molar-refractivity contribution in [1.82, 2.24) is 15.2 Å². The van der Waals surface area contributed by atoms with Crippen LogP contribution >= 0.6 is 34.4 Å². The van der Waals surface area contributed by atoms with Crippen LogP contribution in [0.3, 0.4) is 0 Å². The van der Waals surface area contributed by atoms with Crippen LogP contribution in [0, 0.1) is 0 Å². The maximum Gasteiger partial charge on any atom is 0.313 e. The number of thiazole rings is 1. The molecule has 0 aromatic carbocycles. The van der Waals surface area contributed by atoms with Crippen LogP contribution < -0.4 is 5.32 Å². The van der Waals surface area contributed by atoms with Crippen molar-refractivity contribution >= 4 is 45.5 Å². The predicted octanol–water partition coefficient (Wildman–Crippen LogP) is 2.91. The van der Waals surface area contributed by atoms with Gasteiger partial charge >= 0.3 is 5.97 Å². The molecule has 2 aromatic heterocycles. The molecule has 2 rings (SSSR count). The molecule has 9 heteroatoms. The normalized spacial score (nSPS) is 12.3. The summed E-state index contributed by atoms with van der Waals surface area (Å²) in [4.78, 5) is 16.1. The van der Waals surface area contributed by atoms with Gasteiger partial charge in [0, 0.05) is 11.1 Å². The van der Waals surface area contributed by atoms with E-state index in [0.717, 1.165) is 11.4 Å². The van der Waals surface area contributed by atoms with E-state index in [1.54, 1.807) is 11.3 Å². The van der Waals surface area contributed by atoms with Crippen molar-refractivity contribution in [2.75, 3.05) is 11.1 Å². The minimum atomic E-state index is -0.858. The van der Waals surface area contributed by atoms with Gasteiger partial charge in [0.05, 0.1) is 11.8 Å². The van der Waals surface area contributed by atoms with Crippen LogP contribution in [0.1, 0.15) is 29.8 Å². The fourth-order valence-electron chi connectivity index (χ4n) is 1.38. The van der Waals surface area contributed by atoms with Crippen molar-refractivity contribution in [1.29, 1.82) is 0 Å². The van der Waals surface area contributed by atoms with Crippen LogP contribution in [0.5, 0.6) is 0 Å². The first-order chi connectivity index (χ1) is 9.58. The molecule has 0 aliphatic rings. The Kier molecular flexibility index (Phi) is 5.32. The summed E-state index contributed by atoms with van der Waals surface area (Å²) in [6.45, 7) is 4.12. The quantitative estimate of drug-likeness (QED) is 0.755. The van der Waals surface area contributed by atoms with Gasteiger partial charge in [0.2, 0.25) is 5.13 Å². The highest BCUT2D eigenvalue weighted by Gasteiger charge is 2.13. The van der Waals surface area contributed by atoms with Gasteiger partial charge in [-0.05, 0) is 13.3 Å². The van der Waals surface area contributed by atoms with Gasteiger partial charge in [-0.25, -0.2) is 4.98 Å². The highest BCUT2D eigenvalue weighted by Crippen LogP contribution is 2.29. The van der Waals surface area contributed by atoms with Crippen molar-refractivity contribution in [3.8, 4) is 0 Å². The first kappa shape index (κ1) is 15.2. The van der Waals surface area contributed by atoms with Crippen LogP contribution in [-0.2, 0) is 11.2 Å². The van der Waals surface area contributed by atoms with Crippen LogP contribution in [0.2, 0.25) is 0 Å². The van der Waals surface area contributed by atoms with E-state index in [4.69, 9.17) is 5.11 Å². The number of carbonyl (C=O) groups is 1. The molecule has 0 fully saturated rings. The smallest absolute Gasteiger partial charge is 0.313 e. The number of rotatable bonds is 7. The highest BCUT2D eigenvalue weighted by atomic mass is 32.2. The van der Waals surface area contributed by atoms with Crippen molar-refractivity contribution in [2.45, 2.75) is 30.6 Å². The molecule has 0 radical (unpaired) electrons. The summed E-state index contributed by atoms with van der Waals surface area (Å²) < 4.78 is 0.649. The number of aliphatic carboxylic acids is 1. The molecule has 108 valence electrons. The third-order valence-electron chi connectivity index (χ3n) is 2.36. The van der Waals surface area contributed by atoms with E-state index in [-0.39, 0.29) is 11.8 Å². The number of aromatic nitrogens is 3. The molecule has 0 amide bonds.